The van der Waals surface area contributed by atoms with Crippen LogP contribution >= 0.6 is 11.3 Å². The summed E-state index contributed by atoms with van der Waals surface area (Å²) in [4.78, 5) is 19.2. The first-order valence-electron chi connectivity index (χ1n) is 9.45. The maximum Gasteiger partial charge on any atom is 0.350 e. The van der Waals surface area contributed by atoms with E-state index in [1.165, 1.54) is 22.5 Å². The van der Waals surface area contributed by atoms with Crippen LogP contribution in [-0.4, -0.2) is 48.8 Å². The molecule has 0 saturated heterocycles. The zero-order valence-electron chi connectivity index (χ0n) is 15.9. The second-order valence-electron chi connectivity index (χ2n) is 7.67. The molecule has 3 atom stereocenters. The van der Waals surface area contributed by atoms with Crippen molar-refractivity contribution in [2.75, 3.05) is 20.7 Å². The second-order valence-corrected chi connectivity index (χ2v) is 8.56. The van der Waals surface area contributed by atoms with E-state index in [0.717, 1.165) is 31.0 Å². The summed E-state index contributed by atoms with van der Waals surface area (Å²) in [5.74, 6) is 1.28. The van der Waals surface area contributed by atoms with Crippen molar-refractivity contribution < 1.29 is 19.0 Å². The summed E-state index contributed by atoms with van der Waals surface area (Å²) >= 11 is 1.29. The highest BCUT2D eigenvalue weighted by molar-refractivity contribution is 7.11. The van der Waals surface area contributed by atoms with Crippen LogP contribution in [0, 0.1) is 0 Å². The first-order valence-corrected chi connectivity index (χ1v) is 10.3. The van der Waals surface area contributed by atoms with E-state index < -0.39 is 0 Å². The van der Waals surface area contributed by atoms with Gasteiger partial charge >= 0.3 is 5.97 Å². The molecule has 0 fully saturated rings. The molecule has 1 aliphatic carbocycles. The maximum atomic E-state index is 12.3. The van der Waals surface area contributed by atoms with Gasteiger partial charge in [0.15, 0.2) is 11.5 Å². The van der Waals surface area contributed by atoms with Gasteiger partial charge in [0.05, 0.1) is 24.2 Å². The molecule has 0 radical (unpaired) electrons. The van der Waals surface area contributed by atoms with Crippen molar-refractivity contribution in [2.45, 2.75) is 37.0 Å². The van der Waals surface area contributed by atoms with Crippen molar-refractivity contribution in [3.63, 3.8) is 0 Å². The molecule has 3 aliphatic rings. The maximum absolute atomic E-state index is 12.3. The fourth-order valence-corrected chi connectivity index (χ4v) is 5.17. The average molecular weight is 398 g/mol. The summed E-state index contributed by atoms with van der Waals surface area (Å²) in [7, 11) is 3.82. The molecule has 1 aromatic heterocycles. The van der Waals surface area contributed by atoms with Crippen molar-refractivity contribution in [2.24, 2.45) is 0 Å². The molecule has 0 amide bonds. The van der Waals surface area contributed by atoms with E-state index in [-0.39, 0.29) is 23.6 Å². The number of hydrogen-bond donors (Lipinski definition) is 0. The van der Waals surface area contributed by atoms with Gasteiger partial charge in [-0.05, 0) is 37.7 Å². The predicted molar refractivity (Wildman–Crippen MR) is 105 cm³/mol. The van der Waals surface area contributed by atoms with Crippen LogP contribution in [-0.2, 0) is 16.7 Å². The lowest BCUT2D eigenvalue weighted by Gasteiger charge is -2.36. The van der Waals surface area contributed by atoms with Crippen LogP contribution in [0.2, 0.25) is 0 Å². The number of benzene rings is 1. The second kappa shape index (κ2) is 6.60. The van der Waals surface area contributed by atoms with Crippen LogP contribution in [0.25, 0.3) is 0 Å². The summed E-state index contributed by atoms with van der Waals surface area (Å²) in [6, 6.07) is 4.14. The molecule has 3 heterocycles. The molecule has 0 saturated carbocycles. The zero-order chi connectivity index (χ0) is 19.3. The van der Waals surface area contributed by atoms with Gasteiger partial charge in [0, 0.05) is 18.5 Å². The summed E-state index contributed by atoms with van der Waals surface area (Å²) in [6.07, 6.45) is 6.99. The minimum absolute atomic E-state index is 0.0756. The minimum atomic E-state index is -0.331. The SMILES string of the molecule is COc1ccc2c3c1O[C@H]1CC(OC(=O)c4cncs4)C=C[C@@]31CCN(C)C2. The highest BCUT2D eigenvalue weighted by Crippen LogP contribution is 2.55. The fourth-order valence-electron chi connectivity index (χ4n) is 4.66. The molecular weight excluding hydrogens is 376 g/mol. The molecule has 7 heteroatoms. The molecular formula is C21H22N2O4S. The van der Waals surface area contributed by atoms with Crippen LogP contribution in [0.3, 0.4) is 0 Å². The molecule has 0 bridgehead atoms. The standard InChI is InChI=1S/C21H22N2O4S/c1-23-8-7-21-6-5-14(26-20(24)16-10-22-12-28-16)9-17(21)27-19-15(25-2)4-3-13(11-23)18(19)21/h3-6,10,12,14,17H,7-9,11H2,1-2H3/t14?,17-,21-/m0/s1. The number of ether oxygens (including phenoxy) is 3. The number of methoxy groups -OCH3 is 1. The van der Waals surface area contributed by atoms with E-state index in [1.807, 2.05) is 12.1 Å². The highest BCUT2D eigenvalue weighted by atomic mass is 32.1. The van der Waals surface area contributed by atoms with Gasteiger partial charge in [0.2, 0.25) is 0 Å². The van der Waals surface area contributed by atoms with Gasteiger partial charge in [0.25, 0.3) is 0 Å². The number of esters is 1. The third-order valence-corrected chi connectivity index (χ3v) is 6.78. The number of hydrogen-bond acceptors (Lipinski definition) is 7. The van der Waals surface area contributed by atoms with Crippen LogP contribution < -0.4 is 9.47 Å². The summed E-state index contributed by atoms with van der Waals surface area (Å²) < 4.78 is 17.7. The first-order chi connectivity index (χ1) is 13.6. The van der Waals surface area contributed by atoms with Gasteiger partial charge in [-0.25, -0.2) is 4.79 Å². The molecule has 1 unspecified atom stereocenters. The van der Waals surface area contributed by atoms with Crippen molar-refractivity contribution in [3.05, 3.63) is 52.0 Å². The van der Waals surface area contributed by atoms with E-state index >= 15 is 0 Å². The highest BCUT2D eigenvalue weighted by Gasteiger charge is 2.53. The Kier molecular flexibility index (Phi) is 4.17. The summed E-state index contributed by atoms with van der Waals surface area (Å²) in [5.41, 5.74) is 3.96. The van der Waals surface area contributed by atoms with E-state index in [2.05, 4.69) is 29.1 Å². The summed E-state index contributed by atoms with van der Waals surface area (Å²) in [5, 5.41) is 0. The molecule has 5 rings (SSSR count). The third kappa shape index (κ3) is 2.64. The Labute approximate surface area is 167 Å². The Hall–Kier alpha value is -2.38. The predicted octanol–water partition coefficient (Wildman–Crippen LogP) is 3.17. The molecule has 1 spiro atoms. The van der Waals surface area contributed by atoms with Gasteiger partial charge in [-0.1, -0.05) is 12.1 Å². The van der Waals surface area contributed by atoms with Gasteiger partial charge in [0.1, 0.15) is 17.1 Å². The topological polar surface area (TPSA) is 60.9 Å². The average Bonchev–Trinajstić information content (AvgIpc) is 3.30. The normalized spacial score (nSPS) is 28.1. The van der Waals surface area contributed by atoms with Crippen LogP contribution in [0.15, 0.2) is 36.0 Å². The molecule has 146 valence electrons. The Morgan fingerprint density at radius 1 is 1.43 bits per heavy atom. The Morgan fingerprint density at radius 2 is 2.32 bits per heavy atom. The number of nitrogens with zero attached hydrogens (tertiary/aromatic N) is 2. The molecule has 1 aromatic carbocycles. The Balaban J connectivity index is 1.50. The number of thiazole rings is 1. The van der Waals surface area contributed by atoms with Crippen LogP contribution in [0.5, 0.6) is 11.5 Å². The molecule has 0 N–H and O–H groups in total. The van der Waals surface area contributed by atoms with Gasteiger partial charge < -0.3 is 19.1 Å². The fraction of sp³-hybridized carbons (Fsp3) is 0.429. The molecule has 2 aromatic rings. The lowest BCUT2D eigenvalue weighted by atomic mass is 9.69. The quantitative estimate of drug-likeness (QED) is 0.585. The van der Waals surface area contributed by atoms with E-state index in [4.69, 9.17) is 14.2 Å². The number of carbonyl (C=O) groups excluding carboxylic acids is 1. The molecule has 28 heavy (non-hydrogen) atoms. The Morgan fingerprint density at radius 3 is 3.11 bits per heavy atom. The lowest BCUT2D eigenvalue weighted by molar-refractivity contribution is 0.0222. The molecule has 2 aliphatic heterocycles. The van der Waals surface area contributed by atoms with Crippen molar-refractivity contribution in [1.29, 1.82) is 0 Å². The Bertz CT molecular complexity index is 942. The third-order valence-electron chi connectivity index (χ3n) is 6.02. The zero-order valence-corrected chi connectivity index (χ0v) is 16.7. The largest absolute Gasteiger partial charge is 0.493 e. The van der Waals surface area contributed by atoms with Gasteiger partial charge in [-0.3, -0.25) is 4.98 Å². The monoisotopic (exact) mass is 398 g/mol. The summed E-state index contributed by atoms with van der Waals surface area (Å²) in [6.45, 7) is 1.87. The lowest BCUT2D eigenvalue weighted by Crippen LogP contribution is -2.43. The minimum Gasteiger partial charge on any atom is -0.493 e. The number of carbonyl (C=O) groups is 1. The smallest absolute Gasteiger partial charge is 0.350 e. The number of rotatable bonds is 3. The van der Waals surface area contributed by atoms with Crippen molar-refractivity contribution >= 4 is 17.3 Å². The van der Waals surface area contributed by atoms with E-state index in [9.17, 15) is 4.79 Å². The molecule has 6 nitrogen and oxygen atoms in total. The van der Waals surface area contributed by atoms with E-state index in [0.29, 0.717) is 11.3 Å². The van der Waals surface area contributed by atoms with Crippen LogP contribution in [0.4, 0.5) is 0 Å². The van der Waals surface area contributed by atoms with E-state index in [1.54, 1.807) is 18.8 Å². The van der Waals surface area contributed by atoms with Crippen LogP contribution in [0.1, 0.15) is 33.6 Å². The van der Waals surface area contributed by atoms with Gasteiger partial charge in [-0.2, -0.15) is 0 Å². The van der Waals surface area contributed by atoms with Crippen molar-refractivity contribution in [1.82, 2.24) is 9.88 Å². The van der Waals surface area contributed by atoms with Gasteiger partial charge in [-0.15, -0.1) is 11.3 Å². The first kappa shape index (κ1) is 17.7. The number of aromatic nitrogens is 1. The van der Waals surface area contributed by atoms with Crippen molar-refractivity contribution in [3.8, 4) is 11.5 Å².